The van der Waals surface area contributed by atoms with Crippen molar-refractivity contribution >= 4 is 29.9 Å². The standard InChI is InChI=1S/C22H37N7O2.HI/c1-4-30-14-9-11-23-22(25-17-21-27-26-18(2)28(21)3)24-16-19(20-10-8-15-31-20)29-12-6-5-7-13-29;/h8,10,15,19H,4-7,9,11-14,16-17H2,1-3H3,(H2,23,24,25);1H. The number of nitrogens with one attached hydrogen (secondary N) is 2. The van der Waals surface area contributed by atoms with Crippen molar-refractivity contribution in [2.75, 3.05) is 39.4 Å². The Morgan fingerprint density at radius 1 is 1.25 bits per heavy atom. The minimum atomic E-state index is 0. The van der Waals surface area contributed by atoms with Gasteiger partial charge in [-0.3, -0.25) is 4.90 Å². The summed E-state index contributed by atoms with van der Waals surface area (Å²) in [5.74, 6) is 3.48. The molecule has 2 aromatic rings. The third-order valence-electron chi connectivity index (χ3n) is 5.69. The summed E-state index contributed by atoms with van der Waals surface area (Å²) in [6.45, 7) is 9.61. The molecule has 2 N–H and O–H groups in total. The molecule has 0 bridgehead atoms. The van der Waals surface area contributed by atoms with Crippen LogP contribution in [-0.2, 0) is 18.3 Å². The van der Waals surface area contributed by atoms with Gasteiger partial charge in [0.25, 0.3) is 0 Å². The molecule has 3 heterocycles. The lowest BCUT2D eigenvalue weighted by atomic mass is 10.1. The van der Waals surface area contributed by atoms with Gasteiger partial charge in [0, 0.05) is 33.4 Å². The van der Waals surface area contributed by atoms with Gasteiger partial charge in [-0.15, -0.1) is 34.2 Å². The number of halogens is 1. The van der Waals surface area contributed by atoms with Gasteiger partial charge in [-0.25, -0.2) is 4.99 Å². The van der Waals surface area contributed by atoms with Gasteiger partial charge in [-0.1, -0.05) is 6.42 Å². The van der Waals surface area contributed by atoms with Crippen LogP contribution >= 0.6 is 24.0 Å². The van der Waals surface area contributed by atoms with Crippen LogP contribution < -0.4 is 10.6 Å². The molecule has 0 aromatic carbocycles. The van der Waals surface area contributed by atoms with E-state index in [-0.39, 0.29) is 30.0 Å². The maximum atomic E-state index is 5.77. The highest BCUT2D eigenvalue weighted by Crippen LogP contribution is 2.24. The Bertz CT molecular complexity index is 788. The molecule has 1 aliphatic heterocycles. The number of aryl methyl sites for hydroxylation is 1. The number of aromatic nitrogens is 3. The van der Waals surface area contributed by atoms with E-state index < -0.39 is 0 Å². The summed E-state index contributed by atoms with van der Waals surface area (Å²) >= 11 is 0. The lowest BCUT2D eigenvalue weighted by molar-refractivity contribution is 0.144. The number of likely N-dealkylation sites (tertiary alicyclic amines) is 1. The molecule has 0 spiro atoms. The minimum absolute atomic E-state index is 0. The van der Waals surface area contributed by atoms with Crippen molar-refractivity contribution in [3.63, 3.8) is 0 Å². The number of guanidine groups is 1. The molecule has 0 aliphatic carbocycles. The SMILES string of the molecule is CCOCCCNC(=NCc1nnc(C)n1C)NCC(c1ccco1)N1CCCCC1.I. The fourth-order valence-electron chi connectivity index (χ4n) is 3.75. The zero-order valence-corrected chi connectivity index (χ0v) is 21.9. The largest absolute Gasteiger partial charge is 0.468 e. The topological polar surface area (TPSA) is 92.7 Å². The van der Waals surface area contributed by atoms with Crippen LogP contribution in [0.4, 0.5) is 0 Å². The second kappa shape index (κ2) is 14.5. The van der Waals surface area contributed by atoms with Crippen LogP contribution in [0.15, 0.2) is 27.8 Å². The number of rotatable bonds is 11. The molecular formula is C22H38IN7O2. The summed E-state index contributed by atoms with van der Waals surface area (Å²) in [7, 11) is 1.96. The molecular weight excluding hydrogens is 521 g/mol. The van der Waals surface area contributed by atoms with Crippen molar-refractivity contribution in [1.29, 1.82) is 0 Å². The molecule has 1 unspecified atom stereocenters. The zero-order chi connectivity index (χ0) is 21.9. The molecule has 0 amide bonds. The molecule has 0 saturated carbocycles. The normalized spacial score (nSPS) is 15.9. The van der Waals surface area contributed by atoms with Crippen LogP contribution in [-0.4, -0.2) is 65.0 Å². The van der Waals surface area contributed by atoms with Crippen molar-refractivity contribution in [1.82, 2.24) is 30.3 Å². The van der Waals surface area contributed by atoms with Gasteiger partial charge in [0.2, 0.25) is 0 Å². The minimum Gasteiger partial charge on any atom is -0.468 e. The highest BCUT2D eigenvalue weighted by Gasteiger charge is 2.24. The predicted molar refractivity (Wildman–Crippen MR) is 136 cm³/mol. The molecule has 2 aromatic heterocycles. The van der Waals surface area contributed by atoms with Crippen LogP contribution in [0.5, 0.6) is 0 Å². The zero-order valence-electron chi connectivity index (χ0n) is 19.5. The Labute approximate surface area is 208 Å². The van der Waals surface area contributed by atoms with Gasteiger partial charge in [0.15, 0.2) is 11.8 Å². The summed E-state index contributed by atoms with van der Waals surface area (Å²) < 4.78 is 13.2. The van der Waals surface area contributed by atoms with E-state index in [1.54, 1.807) is 6.26 Å². The number of furan rings is 1. The van der Waals surface area contributed by atoms with Crippen LogP contribution in [0.2, 0.25) is 0 Å². The van der Waals surface area contributed by atoms with Gasteiger partial charge >= 0.3 is 0 Å². The van der Waals surface area contributed by atoms with Crippen molar-refractivity contribution in [2.45, 2.75) is 52.1 Å². The molecule has 1 fully saturated rings. The van der Waals surface area contributed by atoms with Gasteiger partial charge in [-0.05, 0) is 58.3 Å². The van der Waals surface area contributed by atoms with E-state index in [0.29, 0.717) is 6.54 Å². The maximum absolute atomic E-state index is 5.77. The van der Waals surface area contributed by atoms with Crippen molar-refractivity contribution in [2.24, 2.45) is 12.0 Å². The molecule has 10 heteroatoms. The van der Waals surface area contributed by atoms with E-state index in [1.165, 1.54) is 19.3 Å². The van der Waals surface area contributed by atoms with Gasteiger partial charge in [0.05, 0.1) is 12.3 Å². The summed E-state index contributed by atoms with van der Waals surface area (Å²) in [5, 5.41) is 15.3. The summed E-state index contributed by atoms with van der Waals surface area (Å²) in [6, 6.07) is 4.21. The lowest BCUT2D eigenvalue weighted by Gasteiger charge is -2.33. The average molecular weight is 559 g/mol. The number of aliphatic imine (C=N–C) groups is 1. The number of hydrogen-bond donors (Lipinski definition) is 2. The van der Waals surface area contributed by atoms with E-state index in [4.69, 9.17) is 14.1 Å². The number of piperidine rings is 1. The van der Waals surface area contributed by atoms with Gasteiger partial charge in [-0.2, -0.15) is 0 Å². The highest BCUT2D eigenvalue weighted by molar-refractivity contribution is 14.0. The molecule has 1 saturated heterocycles. The van der Waals surface area contributed by atoms with E-state index in [2.05, 4.69) is 31.8 Å². The molecule has 0 radical (unpaired) electrons. The van der Waals surface area contributed by atoms with Gasteiger partial charge in [0.1, 0.15) is 18.1 Å². The summed E-state index contributed by atoms with van der Waals surface area (Å²) in [6.07, 6.45) is 6.45. The van der Waals surface area contributed by atoms with Crippen molar-refractivity contribution < 1.29 is 9.15 Å². The smallest absolute Gasteiger partial charge is 0.191 e. The Hall–Kier alpha value is -1.66. The molecule has 3 rings (SSSR count). The first-order valence-corrected chi connectivity index (χ1v) is 11.4. The lowest BCUT2D eigenvalue weighted by Crippen LogP contribution is -2.44. The molecule has 180 valence electrons. The van der Waals surface area contributed by atoms with Crippen LogP contribution in [0.25, 0.3) is 0 Å². The van der Waals surface area contributed by atoms with Gasteiger partial charge < -0.3 is 24.4 Å². The quantitative estimate of drug-likeness (QED) is 0.189. The fourth-order valence-corrected chi connectivity index (χ4v) is 3.75. The second-order valence-corrected chi connectivity index (χ2v) is 7.87. The summed E-state index contributed by atoms with van der Waals surface area (Å²) in [5.41, 5.74) is 0. The van der Waals surface area contributed by atoms with Crippen molar-refractivity contribution in [3.8, 4) is 0 Å². The Kier molecular flexibility index (Phi) is 12.0. The number of ether oxygens (including phenoxy) is 1. The van der Waals surface area contributed by atoms with E-state index in [0.717, 1.165) is 69.2 Å². The Balaban J connectivity index is 0.00000363. The molecule has 9 nitrogen and oxygen atoms in total. The van der Waals surface area contributed by atoms with E-state index in [9.17, 15) is 0 Å². The van der Waals surface area contributed by atoms with Crippen molar-refractivity contribution in [3.05, 3.63) is 35.8 Å². The first kappa shape index (κ1) is 26.6. The van der Waals surface area contributed by atoms with Crippen LogP contribution in [0.3, 0.4) is 0 Å². The fraction of sp³-hybridized carbons (Fsp3) is 0.682. The Morgan fingerprint density at radius 2 is 2.06 bits per heavy atom. The third kappa shape index (κ3) is 8.04. The first-order valence-electron chi connectivity index (χ1n) is 11.4. The number of hydrogen-bond acceptors (Lipinski definition) is 6. The number of nitrogens with zero attached hydrogens (tertiary/aromatic N) is 5. The summed E-state index contributed by atoms with van der Waals surface area (Å²) in [4.78, 5) is 7.27. The van der Waals surface area contributed by atoms with E-state index >= 15 is 0 Å². The monoisotopic (exact) mass is 559 g/mol. The molecule has 1 aliphatic rings. The maximum Gasteiger partial charge on any atom is 0.191 e. The second-order valence-electron chi connectivity index (χ2n) is 7.87. The average Bonchev–Trinajstić information content (AvgIpc) is 3.43. The van der Waals surface area contributed by atoms with Crippen LogP contribution in [0, 0.1) is 6.92 Å². The third-order valence-corrected chi connectivity index (χ3v) is 5.69. The Morgan fingerprint density at radius 3 is 2.72 bits per heavy atom. The first-order chi connectivity index (χ1) is 15.2. The van der Waals surface area contributed by atoms with Crippen LogP contribution in [0.1, 0.15) is 56.1 Å². The van der Waals surface area contributed by atoms with E-state index in [1.807, 2.05) is 31.5 Å². The highest BCUT2D eigenvalue weighted by atomic mass is 127. The molecule has 1 atom stereocenters. The predicted octanol–water partition coefficient (Wildman–Crippen LogP) is 3.02. The molecule has 32 heavy (non-hydrogen) atoms.